The van der Waals surface area contributed by atoms with Crippen LogP contribution in [-0.2, 0) is 9.59 Å². The third kappa shape index (κ3) is 2.82. The summed E-state index contributed by atoms with van der Waals surface area (Å²) in [6.07, 6.45) is 8.55. The molecule has 2 atom stereocenters. The predicted octanol–water partition coefficient (Wildman–Crippen LogP) is 2.91. The number of aliphatic carboxylic acids is 1. The van der Waals surface area contributed by atoms with Crippen molar-refractivity contribution in [2.45, 2.75) is 64.8 Å². The molecule has 3 fully saturated rings. The van der Waals surface area contributed by atoms with E-state index in [1.807, 2.05) is 18.7 Å². The molecule has 3 rings (SSSR count). The lowest BCUT2D eigenvalue weighted by Gasteiger charge is -2.30. The Labute approximate surface area is 126 Å². The van der Waals surface area contributed by atoms with Crippen molar-refractivity contribution in [3.8, 4) is 0 Å². The van der Waals surface area contributed by atoms with Crippen molar-refractivity contribution in [2.24, 2.45) is 23.2 Å². The molecule has 0 aliphatic heterocycles. The topological polar surface area (TPSA) is 57.6 Å². The first-order chi connectivity index (χ1) is 9.93. The van der Waals surface area contributed by atoms with Gasteiger partial charge >= 0.3 is 5.97 Å². The van der Waals surface area contributed by atoms with Crippen molar-refractivity contribution in [1.82, 2.24) is 4.90 Å². The Balaban J connectivity index is 1.67. The molecule has 4 heteroatoms. The fraction of sp³-hybridized carbons (Fsp3) is 0.882. The lowest BCUT2D eigenvalue weighted by atomic mass is 9.88. The van der Waals surface area contributed by atoms with Gasteiger partial charge in [0.15, 0.2) is 0 Å². The first-order valence-corrected chi connectivity index (χ1v) is 8.46. The Hall–Kier alpha value is -1.06. The summed E-state index contributed by atoms with van der Waals surface area (Å²) in [5.41, 5.74) is -0.372. The number of carboxylic acids is 1. The van der Waals surface area contributed by atoms with Gasteiger partial charge in [-0.2, -0.15) is 0 Å². The monoisotopic (exact) mass is 293 g/mol. The van der Waals surface area contributed by atoms with Crippen molar-refractivity contribution in [3.05, 3.63) is 0 Å². The Morgan fingerprint density at radius 2 is 1.67 bits per heavy atom. The summed E-state index contributed by atoms with van der Waals surface area (Å²) < 4.78 is 0. The molecule has 1 amide bonds. The molecule has 0 bridgehead atoms. The van der Waals surface area contributed by atoms with Gasteiger partial charge in [0.25, 0.3) is 0 Å². The zero-order chi connectivity index (χ0) is 15.2. The van der Waals surface area contributed by atoms with Gasteiger partial charge in [-0.1, -0.05) is 33.1 Å². The van der Waals surface area contributed by atoms with Crippen LogP contribution in [0.3, 0.4) is 0 Å². The minimum atomic E-state index is -0.813. The molecular formula is C17H27NO3. The summed E-state index contributed by atoms with van der Waals surface area (Å²) in [4.78, 5) is 26.2. The summed E-state index contributed by atoms with van der Waals surface area (Å²) in [6, 6.07) is 0.394. The Bertz CT molecular complexity index is 435. The molecule has 0 aromatic rings. The van der Waals surface area contributed by atoms with E-state index in [1.165, 1.54) is 32.1 Å². The largest absolute Gasteiger partial charge is 0.481 e. The smallest absolute Gasteiger partial charge is 0.307 e. The minimum Gasteiger partial charge on any atom is -0.481 e. The molecule has 21 heavy (non-hydrogen) atoms. The van der Waals surface area contributed by atoms with Crippen LogP contribution in [0.15, 0.2) is 0 Å². The molecule has 0 saturated heterocycles. The number of nitrogens with zero attached hydrogens (tertiary/aromatic N) is 1. The van der Waals surface area contributed by atoms with E-state index < -0.39 is 11.9 Å². The first kappa shape index (κ1) is 14.9. The summed E-state index contributed by atoms with van der Waals surface area (Å²) in [6.45, 7) is 4.70. The van der Waals surface area contributed by atoms with E-state index in [0.717, 1.165) is 19.4 Å². The number of carbonyl (C=O) groups excluding carboxylic acids is 1. The van der Waals surface area contributed by atoms with E-state index >= 15 is 0 Å². The zero-order valence-corrected chi connectivity index (χ0v) is 13.2. The zero-order valence-electron chi connectivity index (χ0n) is 13.2. The minimum absolute atomic E-state index is 0.112. The van der Waals surface area contributed by atoms with Crippen LogP contribution in [0.25, 0.3) is 0 Å². The van der Waals surface area contributed by atoms with Crippen LogP contribution in [0.1, 0.15) is 58.8 Å². The molecule has 3 aliphatic carbocycles. The molecule has 0 spiro atoms. The molecule has 3 saturated carbocycles. The molecule has 4 nitrogen and oxygen atoms in total. The second-order valence-electron chi connectivity index (χ2n) is 7.84. The standard InChI is InChI=1S/C17H27NO3/c1-17(2)13(14(17)16(20)21)15(19)18(12-8-9-12)10-11-6-4-3-5-7-11/h11-14H,3-10H2,1-2H3,(H,20,21)/t13-,14+/m1/s1. The molecule has 0 aromatic heterocycles. The highest BCUT2D eigenvalue weighted by Gasteiger charge is 2.67. The SMILES string of the molecule is CC1(C)[C@H](C(=O)O)[C@@H]1C(=O)N(CC1CCCCC1)C1CC1. The molecule has 0 unspecified atom stereocenters. The average molecular weight is 293 g/mol. The van der Waals surface area contributed by atoms with Crippen LogP contribution < -0.4 is 0 Å². The number of hydrogen-bond donors (Lipinski definition) is 1. The van der Waals surface area contributed by atoms with E-state index in [0.29, 0.717) is 12.0 Å². The van der Waals surface area contributed by atoms with Gasteiger partial charge in [-0.05, 0) is 37.0 Å². The normalized spacial score (nSPS) is 31.7. The lowest BCUT2D eigenvalue weighted by Crippen LogP contribution is -2.39. The molecule has 3 aliphatic rings. The first-order valence-electron chi connectivity index (χ1n) is 8.46. The van der Waals surface area contributed by atoms with Gasteiger partial charge in [-0.15, -0.1) is 0 Å². The molecule has 1 N–H and O–H groups in total. The van der Waals surface area contributed by atoms with Gasteiger partial charge in [-0.25, -0.2) is 0 Å². The quantitative estimate of drug-likeness (QED) is 0.848. The fourth-order valence-corrected chi connectivity index (χ4v) is 4.19. The van der Waals surface area contributed by atoms with Gasteiger partial charge in [0.1, 0.15) is 0 Å². The predicted molar refractivity (Wildman–Crippen MR) is 79.7 cm³/mol. The van der Waals surface area contributed by atoms with Gasteiger partial charge < -0.3 is 10.0 Å². The highest BCUT2D eigenvalue weighted by molar-refractivity contribution is 5.92. The maximum absolute atomic E-state index is 12.9. The Morgan fingerprint density at radius 1 is 1.05 bits per heavy atom. The number of hydrogen-bond acceptors (Lipinski definition) is 2. The maximum Gasteiger partial charge on any atom is 0.307 e. The Kier molecular flexibility index (Phi) is 3.74. The molecule has 0 heterocycles. The highest BCUT2D eigenvalue weighted by Crippen LogP contribution is 2.59. The van der Waals surface area contributed by atoms with E-state index in [2.05, 4.69) is 0 Å². The van der Waals surface area contributed by atoms with Gasteiger partial charge in [0.05, 0.1) is 11.8 Å². The van der Waals surface area contributed by atoms with Crippen LogP contribution in [-0.4, -0.2) is 34.5 Å². The van der Waals surface area contributed by atoms with E-state index in [4.69, 9.17) is 0 Å². The molecular weight excluding hydrogens is 266 g/mol. The molecule has 0 aromatic carbocycles. The third-order valence-electron chi connectivity index (χ3n) is 5.81. The maximum atomic E-state index is 12.9. The summed E-state index contributed by atoms with van der Waals surface area (Å²) >= 11 is 0. The van der Waals surface area contributed by atoms with Crippen molar-refractivity contribution >= 4 is 11.9 Å². The summed E-state index contributed by atoms with van der Waals surface area (Å²) in [5, 5.41) is 9.29. The van der Waals surface area contributed by atoms with Crippen LogP contribution in [0.5, 0.6) is 0 Å². The molecule has 118 valence electrons. The third-order valence-corrected chi connectivity index (χ3v) is 5.81. The van der Waals surface area contributed by atoms with Crippen molar-refractivity contribution < 1.29 is 14.7 Å². The van der Waals surface area contributed by atoms with Crippen LogP contribution in [0.4, 0.5) is 0 Å². The fourth-order valence-electron chi connectivity index (χ4n) is 4.19. The van der Waals surface area contributed by atoms with Crippen LogP contribution >= 0.6 is 0 Å². The van der Waals surface area contributed by atoms with Crippen LogP contribution in [0, 0.1) is 23.2 Å². The second kappa shape index (κ2) is 5.29. The van der Waals surface area contributed by atoms with E-state index in [1.54, 1.807) is 0 Å². The second-order valence-corrected chi connectivity index (χ2v) is 7.84. The Morgan fingerprint density at radius 3 is 2.14 bits per heavy atom. The van der Waals surface area contributed by atoms with Crippen molar-refractivity contribution in [2.75, 3.05) is 6.54 Å². The van der Waals surface area contributed by atoms with E-state index in [9.17, 15) is 14.7 Å². The van der Waals surface area contributed by atoms with Crippen molar-refractivity contribution in [1.29, 1.82) is 0 Å². The van der Waals surface area contributed by atoms with Crippen molar-refractivity contribution in [3.63, 3.8) is 0 Å². The highest BCUT2D eigenvalue weighted by atomic mass is 16.4. The van der Waals surface area contributed by atoms with Gasteiger partial charge in [-0.3, -0.25) is 9.59 Å². The number of carbonyl (C=O) groups is 2. The van der Waals surface area contributed by atoms with Gasteiger partial charge in [0.2, 0.25) is 5.91 Å². The van der Waals surface area contributed by atoms with E-state index in [-0.39, 0.29) is 17.2 Å². The lowest BCUT2D eigenvalue weighted by molar-refractivity contribution is -0.142. The summed E-state index contributed by atoms with van der Waals surface area (Å²) in [7, 11) is 0. The average Bonchev–Trinajstić information content (AvgIpc) is 3.32. The van der Waals surface area contributed by atoms with Crippen LogP contribution in [0.2, 0.25) is 0 Å². The number of carboxylic acid groups (broad SMARTS) is 1. The number of amides is 1. The number of rotatable bonds is 5. The summed E-state index contributed by atoms with van der Waals surface area (Å²) in [5.74, 6) is -0.863. The van der Waals surface area contributed by atoms with Gasteiger partial charge in [0, 0.05) is 12.6 Å². The molecule has 0 radical (unpaired) electrons.